The lowest BCUT2D eigenvalue weighted by atomic mass is 10.3. The van der Waals surface area contributed by atoms with Crippen molar-refractivity contribution < 1.29 is 5.11 Å². The first kappa shape index (κ1) is 6.84. The summed E-state index contributed by atoms with van der Waals surface area (Å²) >= 11 is 5.45. The maximum Gasteiger partial charge on any atom is 0.183 e. The Bertz CT molecular complexity index is 292. The van der Waals surface area contributed by atoms with Gasteiger partial charge < -0.3 is 5.11 Å². The van der Waals surface area contributed by atoms with Gasteiger partial charge in [0.25, 0.3) is 0 Å². The van der Waals surface area contributed by atoms with Crippen molar-refractivity contribution in [3.8, 4) is 11.8 Å². The SMILES string of the molecule is N#Cc1nccc(Cl)c1O. The molecule has 1 aromatic heterocycles. The van der Waals surface area contributed by atoms with Gasteiger partial charge in [-0.3, -0.25) is 0 Å². The fourth-order valence-electron chi connectivity index (χ4n) is 0.512. The van der Waals surface area contributed by atoms with Crippen LogP contribution in [0.2, 0.25) is 5.02 Å². The van der Waals surface area contributed by atoms with E-state index in [1.807, 2.05) is 0 Å². The summed E-state index contributed by atoms with van der Waals surface area (Å²) in [4.78, 5) is 3.56. The van der Waals surface area contributed by atoms with Crippen LogP contribution in [0.25, 0.3) is 0 Å². The first-order valence-electron chi connectivity index (χ1n) is 2.49. The minimum atomic E-state index is -0.258. The van der Waals surface area contributed by atoms with Gasteiger partial charge in [0, 0.05) is 6.20 Å². The molecule has 10 heavy (non-hydrogen) atoms. The lowest BCUT2D eigenvalue weighted by Gasteiger charge is -1.94. The first-order chi connectivity index (χ1) is 4.75. The molecule has 0 atom stereocenters. The smallest absolute Gasteiger partial charge is 0.183 e. The Balaban J connectivity index is 3.31. The zero-order valence-corrected chi connectivity index (χ0v) is 5.63. The Labute approximate surface area is 62.5 Å². The molecule has 0 saturated heterocycles. The number of nitriles is 1. The molecule has 0 saturated carbocycles. The second kappa shape index (κ2) is 2.54. The lowest BCUT2D eigenvalue weighted by Crippen LogP contribution is -1.81. The monoisotopic (exact) mass is 154 g/mol. The maximum atomic E-state index is 8.98. The van der Waals surface area contributed by atoms with E-state index in [-0.39, 0.29) is 16.5 Å². The van der Waals surface area contributed by atoms with Gasteiger partial charge in [-0.05, 0) is 6.07 Å². The number of rotatable bonds is 0. The molecule has 3 nitrogen and oxygen atoms in total. The molecule has 0 fully saturated rings. The molecule has 0 aliphatic rings. The topological polar surface area (TPSA) is 56.9 Å². The second-order valence-corrected chi connectivity index (χ2v) is 2.01. The highest BCUT2D eigenvalue weighted by Crippen LogP contribution is 2.23. The zero-order valence-electron chi connectivity index (χ0n) is 4.87. The van der Waals surface area contributed by atoms with E-state index in [4.69, 9.17) is 22.0 Å². The second-order valence-electron chi connectivity index (χ2n) is 1.60. The predicted octanol–water partition coefficient (Wildman–Crippen LogP) is 1.31. The summed E-state index contributed by atoms with van der Waals surface area (Å²) in [6, 6.07) is 3.10. The molecule has 1 N–H and O–H groups in total. The van der Waals surface area contributed by atoms with Gasteiger partial charge >= 0.3 is 0 Å². The zero-order chi connectivity index (χ0) is 7.56. The summed E-state index contributed by atoms with van der Waals surface area (Å²) in [6.07, 6.45) is 1.36. The minimum absolute atomic E-state index is 0.0486. The van der Waals surface area contributed by atoms with Crippen molar-refractivity contribution in [2.45, 2.75) is 0 Å². The lowest BCUT2D eigenvalue weighted by molar-refractivity contribution is 0.471. The summed E-state index contributed by atoms with van der Waals surface area (Å²) in [6.45, 7) is 0. The van der Waals surface area contributed by atoms with Crippen molar-refractivity contribution in [3.63, 3.8) is 0 Å². The fourth-order valence-corrected chi connectivity index (χ4v) is 0.658. The standard InChI is InChI=1S/C6H3ClN2O/c7-4-1-2-9-5(3-8)6(4)10/h1-2,10H. The molecule has 1 rings (SSSR count). The van der Waals surface area contributed by atoms with Crippen molar-refractivity contribution >= 4 is 11.6 Å². The Morgan fingerprint density at radius 2 is 2.40 bits per heavy atom. The molecule has 1 aromatic rings. The third-order valence-corrected chi connectivity index (χ3v) is 1.29. The van der Waals surface area contributed by atoms with E-state index in [1.54, 1.807) is 6.07 Å². The molecule has 1 heterocycles. The highest BCUT2D eigenvalue weighted by molar-refractivity contribution is 6.32. The quantitative estimate of drug-likeness (QED) is 0.613. The summed E-state index contributed by atoms with van der Waals surface area (Å²) in [5.41, 5.74) is -0.0486. The van der Waals surface area contributed by atoms with E-state index in [9.17, 15) is 0 Å². The van der Waals surface area contributed by atoms with Gasteiger partial charge in [-0.25, -0.2) is 4.98 Å². The van der Waals surface area contributed by atoms with Crippen LogP contribution in [-0.4, -0.2) is 10.1 Å². The van der Waals surface area contributed by atoms with Crippen molar-refractivity contribution in [1.29, 1.82) is 5.26 Å². The van der Waals surface area contributed by atoms with Gasteiger partial charge in [-0.15, -0.1) is 0 Å². The third-order valence-electron chi connectivity index (χ3n) is 0.981. The van der Waals surface area contributed by atoms with Gasteiger partial charge in [0.1, 0.15) is 6.07 Å². The maximum absolute atomic E-state index is 8.98. The van der Waals surface area contributed by atoms with Crippen LogP contribution in [0.5, 0.6) is 5.75 Å². The summed E-state index contributed by atoms with van der Waals surface area (Å²) in [7, 11) is 0. The van der Waals surface area contributed by atoms with Crippen LogP contribution in [-0.2, 0) is 0 Å². The highest BCUT2D eigenvalue weighted by Gasteiger charge is 2.03. The van der Waals surface area contributed by atoms with E-state index >= 15 is 0 Å². The van der Waals surface area contributed by atoms with Crippen molar-refractivity contribution in [3.05, 3.63) is 23.0 Å². The minimum Gasteiger partial charge on any atom is -0.504 e. The van der Waals surface area contributed by atoms with Gasteiger partial charge in [0.2, 0.25) is 0 Å². The summed E-state index contributed by atoms with van der Waals surface area (Å²) in [5.74, 6) is -0.258. The molecule has 0 aliphatic heterocycles. The number of pyridine rings is 1. The molecule has 0 radical (unpaired) electrons. The molecule has 0 unspecified atom stereocenters. The van der Waals surface area contributed by atoms with Gasteiger partial charge in [0.05, 0.1) is 5.02 Å². The van der Waals surface area contributed by atoms with Gasteiger partial charge in [-0.2, -0.15) is 5.26 Å². The van der Waals surface area contributed by atoms with Gasteiger partial charge in [0.15, 0.2) is 11.4 Å². The number of halogens is 1. The Hall–Kier alpha value is -1.27. The molecular formula is C6H3ClN2O. The number of aromatic hydroxyl groups is 1. The molecule has 0 aliphatic carbocycles. The number of hydrogen-bond acceptors (Lipinski definition) is 3. The third kappa shape index (κ3) is 1.02. The fraction of sp³-hybridized carbons (Fsp3) is 0. The molecule has 0 spiro atoms. The number of nitrogens with zero attached hydrogens (tertiary/aromatic N) is 2. The Morgan fingerprint density at radius 3 is 2.90 bits per heavy atom. The number of aromatic nitrogens is 1. The van der Waals surface area contributed by atoms with Crippen molar-refractivity contribution in [2.24, 2.45) is 0 Å². The highest BCUT2D eigenvalue weighted by atomic mass is 35.5. The molecule has 4 heteroatoms. The molecule has 0 aromatic carbocycles. The summed E-state index contributed by atoms with van der Waals surface area (Å²) < 4.78 is 0. The number of hydrogen-bond donors (Lipinski definition) is 1. The Morgan fingerprint density at radius 1 is 1.70 bits per heavy atom. The van der Waals surface area contributed by atoms with E-state index < -0.39 is 0 Å². The average Bonchev–Trinajstić information content (AvgIpc) is 1.95. The van der Waals surface area contributed by atoms with Crippen LogP contribution in [0.1, 0.15) is 5.69 Å². The predicted molar refractivity (Wildman–Crippen MR) is 35.6 cm³/mol. The normalized spacial score (nSPS) is 8.80. The van der Waals surface area contributed by atoms with Crippen LogP contribution < -0.4 is 0 Å². The van der Waals surface area contributed by atoms with Gasteiger partial charge in [-0.1, -0.05) is 11.6 Å². The first-order valence-corrected chi connectivity index (χ1v) is 2.87. The van der Waals surface area contributed by atoms with E-state index in [1.165, 1.54) is 12.3 Å². The van der Waals surface area contributed by atoms with Crippen LogP contribution >= 0.6 is 11.6 Å². The van der Waals surface area contributed by atoms with E-state index in [2.05, 4.69) is 4.98 Å². The van der Waals surface area contributed by atoms with Crippen LogP contribution in [0.4, 0.5) is 0 Å². The van der Waals surface area contributed by atoms with Crippen LogP contribution in [0, 0.1) is 11.3 Å². The van der Waals surface area contributed by atoms with E-state index in [0.29, 0.717) is 0 Å². The molecule has 50 valence electrons. The van der Waals surface area contributed by atoms with Crippen LogP contribution in [0.3, 0.4) is 0 Å². The Kier molecular flexibility index (Phi) is 1.74. The largest absolute Gasteiger partial charge is 0.504 e. The average molecular weight is 155 g/mol. The molecular weight excluding hydrogens is 152 g/mol. The summed E-state index contributed by atoms with van der Waals surface area (Å²) in [5, 5.41) is 17.4. The van der Waals surface area contributed by atoms with Crippen molar-refractivity contribution in [2.75, 3.05) is 0 Å². The van der Waals surface area contributed by atoms with Crippen LogP contribution in [0.15, 0.2) is 12.3 Å². The molecule has 0 amide bonds. The molecule has 0 bridgehead atoms. The van der Waals surface area contributed by atoms with Crippen molar-refractivity contribution in [1.82, 2.24) is 4.98 Å². The van der Waals surface area contributed by atoms with E-state index in [0.717, 1.165) is 0 Å².